The topological polar surface area (TPSA) is 92.7 Å². The lowest BCUT2D eigenvalue weighted by molar-refractivity contribution is 0.0250. The smallest absolute Gasteiger partial charge is 0.254 e. The molecule has 6 rings (SSSR count). The Morgan fingerprint density at radius 3 is 2.78 bits per heavy atom. The van der Waals surface area contributed by atoms with Gasteiger partial charge >= 0.3 is 0 Å². The van der Waals surface area contributed by atoms with Crippen molar-refractivity contribution in [1.82, 2.24) is 20.3 Å². The first-order valence-corrected chi connectivity index (χ1v) is 13.0. The van der Waals surface area contributed by atoms with E-state index in [1.807, 2.05) is 12.1 Å². The summed E-state index contributed by atoms with van der Waals surface area (Å²) < 4.78 is 26.0. The van der Waals surface area contributed by atoms with Crippen molar-refractivity contribution in [3.63, 3.8) is 0 Å². The van der Waals surface area contributed by atoms with Gasteiger partial charge in [0.15, 0.2) is 5.65 Å². The van der Waals surface area contributed by atoms with Crippen LogP contribution in [0.1, 0.15) is 36.5 Å². The van der Waals surface area contributed by atoms with Crippen LogP contribution in [0.15, 0.2) is 30.3 Å². The lowest BCUT2D eigenvalue weighted by Gasteiger charge is -2.39. The van der Waals surface area contributed by atoms with Crippen LogP contribution in [0.25, 0.3) is 22.3 Å². The van der Waals surface area contributed by atoms with Crippen LogP contribution in [0.5, 0.6) is 0 Å². The highest BCUT2D eigenvalue weighted by molar-refractivity contribution is 5.96. The minimum atomic E-state index is -0.574. The molecular formula is C27H31FN6O3. The molecule has 2 saturated heterocycles. The maximum atomic E-state index is 14.3. The van der Waals surface area contributed by atoms with Crippen LogP contribution in [0, 0.1) is 5.82 Å². The number of rotatable bonds is 4. The summed E-state index contributed by atoms with van der Waals surface area (Å²) in [6.07, 6.45) is 3.46. The molecule has 2 aromatic heterocycles. The molecule has 9 nitrogen and oxygen atoms in total. The monoisotopic (exact) mass is 506 g/mol. The maximum absolute atomic E-state index is 14.3. The first-order chi connectivity index (χ1) is 18.0. The summed E-state index contributed by atoms with van der Waals surface area (Å²) in [6.45, 7) is 5.52. The minimum absolute atomic E-state index is 0.0197. The van der Waals surface area contributed by atoms with Crippen molar-refractivity contribution in [2.75, 3.05) is 49.8 Å². The van der Waals surface area contributed by atoms with E-state index in [4.69, 9.17) is 24.4 Å². The highest BCUT2D eigenvalue weighted by Crippen LogP contribution is 2.35. The van der Waals surface area contributed by atoms with E-state index in [0.717, 1.165) is 43.6 Å². The Hall–Kier alpha value is -3.37. The summed E-state index contributed by atoms with van der Waals surface area (Å²) in [5.74, 6) is 0.458. The number of nitrogens with zero attached hydrogens (tertiary/aromatic N) is 5. The number of morpholine rings is 2. The van der Waals surface area contributed by atoms with E-state index in [1.165, 1.54) is 19.2 Å². The van der Waals surface area contributed by atoms with Crippen molar-refractivity contribution in [1.29, 1.82) is 0 Å². The number of carbonyl (C=O) groups is 1. The van der Waals surface area contributed by atoms with Gasteiger partial charge in [-0.15, -0.1) is 0 Å². The first-order valence-electron chi connectivity index (χ1n) is 13.0. The van der Waals surface area contributed by atoms with E-state index >= 15 is 0 Å². The second-order valence-electron chi connectivity index (χ2n) is 9.91. The Bertz CT molecular complexity index is 1340. The van der Waals surface area contributed by atoms with Gasteiger partial charge in [0, 0.05) is 25.7 Å². The number of carbonyl (C=O) groups excluding carboxylic acids is 1. The Kier molecular flexibility index (Phi) is 6.37. The van der Waals surface area contributed by atoms with Crippen molar-refractivity contribution < 1.29 is 18.7 Å². The fourth-order valence-corrected chi connectivity index (χ4v) is 5.70. The third-order valence-corrected chi connectivity index (χ3v) is 7.64. The second-order valence-corrected chi connectivity index (χ2v) is 9.91. The van der Waals surface area contributed by atoms with Gasteiger partial charge in [0.1, 0.15) is 11.6 Å². The molecule has 3 aliphatic rings. The minimum Gasteiger partial charge on any atom is -0.377 e. The highest BCUT2D eigenvalue weighted by Gasteiger charge is 2.38. The van der Waals surface area contributed by atoms with Gasteiger partial charge in [-0.1, -0.05) is 0 Å². The molecule has 1 amide bonds. The number of pyridine rings is 1. The SMILES string of the molecule is CNC(=O)c1cc(-c2ccc3c(N4CCOCC4C)nc(N4CCO[C@@H]5CCC[C@@H]54)nc3n2)ccc1F. The number of benzene rings is 1. The van der Waals surface area contributed by atoms with Gasteiger partial charge in [-0.2, -0.15) is 9.97 Å². The molecule has 0 spiro atoms. The average molecular weight is 507 g/mol. The number of fused-ring (bicyclic) bond motifs is 2. The van der Waals surface area contributed by atoms with E-state index in [2.05, 4.69) is 22.0 Å². The fraction of sp³-hybridized carbons (Fsp3) is 0.481. The Balaban J connectivity index is 1.48. The fourth-order valence-electron chi connectivity index (χ4n) is 5.70. The summed E-state index contributed by atoms with van der Waals surface area (Å²) >= 11 is 0. The zero-order chi connectivity index (χ0) is 25.5. The van der Waals surface area contributed by atoms with Gasteiger partial charge in [-0.05, 0) is 56.5 Å². The lowest BCUT2D eigenvalue weighted by Crippen LogP contribution is -2.49. The molecule has 3 fully saturated rings. The van der Waals surface area contributed by atoms with Gasteiger partial charge in [-0.3, -0.25) is 4.79 Å². The lowest BCUT2D eigenvalue weighted by atomic mass is 10.1. The van der Waals surface area contributed by atoms with Crippen LogP contribution in [0.3, 0.4) is 0 Å². The zero-order valence-electron chi connectivity index (χ0n) is 21.1. The van der Waals surface area contributed by atoms with Gasteiger partial charge in [0.05, 0.1) is 54.7 Å². The molecule has 1 aliphatic carbocycles. The number of hydrogen-bond acceptors (Lipinski definition) is 8. The molecule has 0 radical (unpaired) electrons. The molecule has 1 saturated carbocycles. The molecule has 0 bridgehead atoms. The quantitative estimate of drug-likeness (QED) is 0.577. The Labute approximate surface area is 215 Å². The van der Waals surface area contributed by atoms with Crippen molar-refractivity contribution in [2.45, 2.75) is 44.4 Å². The van der Waals surface area contributed by atoms with Crippen molar-refractivity contribution >= 4 is 28.7 Å². The molecule has 1 N–H and O–H groups in total. The zero-order valence-corrected chi connectivity index (χ0v) is 21.1. The van der Waals surface area contributed by atoms with Crippen LogP contribution in [-0.4, -0.2) is 79.0 Å². The van der Waals surface area contributed by atoms with Crippen molar-refractivity contribution in [3.05, 3.63) is 41.7 Å². The predicted octanol–water partition coefficient (Wildman–Crippen LogP) is 3.17. The first kappa shape index (κ1) is 24.0. The van der Waals surface area contributed by atoms with Gasteiger partial charge in [-0.25, -0.2) is 9.37 Å². The molecule has 37 heavy (non-hydrogen) atoms. The number of halogens is 1. The van der Waals surface area contributed by atoms with Crippen LogP contribution in [0.4, 0.5) is 16.2 Å². The van der Waals surface area contributed by atoms with Crippen molar-refractivity contribution in [3.8, 4) is 11.3 Å². The number of amides is 1. The van der Waals surface area contributed by atoms with Gasteiger partial charge < -0.3 is 24.6 Å². The summed E-state index contributed by atoms with van der Waals surface area (Å²) in [4.78, 5) is 31.7. The number of hydrogen-bond donors (Lipinski definition) is 1. The molecule has 1 aromatic carbocycles. The average Bonchev–Trinajstić information content (AvgIpc) is 3.41. The molecule has 3 atom stereocenters. The number of nitrogens with one attached hydrogen (secondary N) is 1. The Morgan fingerprint density at radius 1 is 1.08 bits per heavy atom. The van der Waals surface area contributed by atoms with Gasteiger partial charge in [0.2, 0.25) is 5.95 Å². The maximum Gasteiger partial charge on any atom is 0.254 e. The predicted molar refractivity (Wildman–Crippen MR) is 138 cm³/mol. The van der Waals surface area contributed by atoms with E-state index in [1.54, 1.807) is 6.07 Å². The molecule has 194 valence electrons. The van der Waals surface area contributed by atoms with Crippen LogP contribution in [0.2, 0.25) is 0 Å². The molecule has 4 heterocycles. The van der Waals surface area contributed by atoms with E-state index in [0.29, 0.717) is 42.7 Å². The summed E-state index contributed by atoms with van der Waals surface area (Å²) in [5.41, 5.74) is 1.81. The largest absolute Gasteiger partial charge is 0.377 e. The molecular weight excluding hydrogens is 475 g/mol. The number of anilines is 2. The van der Waals surface area contributed by atoms with E-state index < -0.39 is 11.7 Å². The van der Waals surface area contributed by atoms with E-state index in [-0.39, 0.29) is 23.8 Å². The van der Waals surface area contributed by atoms with Crippen molar-refractivity contribution in [2.24, 2.45) is 0 Å². The number of aromatic nitrogens is 3. The van der Waals surface area contributed by atoms with Gasteiger partial charge in [0.25, 0.3) is 5.91 Å². The summed E-state index contributed by atoms with van der Waals surface area (Å²) in [7, 11) is 1.48. The van der Waals surface area contributed by atoms with E-state index in [9.17, 15) is 9.18 Å². The summed E-state index contributed by atoms with van der Waals surface area (Å²) in [6, 6.07) is 8.73. The summed E-state index contributed by atoms with van der Waals surface area (Å²) in [5, 5.41) is 3.34. The number of ether oxygens (including phenoxy) is 2. The standard InChI is InChI=1S/C27H31FN6O3/c1-16-15-36-12-10-33(16)25-18-7-9-21(17-6-8-20(28)19(14-17)26(35)29-2)30-24(18)31-27(32-25)34-11-13-37-23-5-3-4-22(23)34/h6-9,14,16,22-23H,3-5,10-13,15H2,1-2H3,(H,29,35)/t16?,22-,23+/m0/s1. The normalized spacial score (nSPS) is 23.8. The van der Waals surface area contributed by atoms with Crippen LogP contribution in [-0.2, 0) is 9.47 Å². The third kappa shape index (κ3) is 4.38. The molecule has 10 heteroatoms. The molecule has 1 unspecified atom stereocenters. The van der Waals surface area contributed by atoms with Crippen LogP contribution < -0.4 is 15.1 Å². The second kappa shape index (κ2) is 9.83. The Morgan fingerprint density at radius 2 is 1.95 bits per heavy atom. The third-order valence-electron chi connectivity index (χ3n) is 7.64. The highest BCUT2D eigenvalue weighted by atomic mass is 19.1. The van der Waals surface area contributed by atoms with Crippen LogP contribution >= 0.6 is 0 Å². The molecule has 2 aliphatic heterocycles. The molecule has 3 aromatic rings.